The summed E-state index contributed by atoms with van der Waals surface area (Å²) < 4.78 is 0. The fraction of sp³-hybridized carbons (Fsp3) is 0.333. The van der Waals surface area contributed by atoms with Gasteiger partial charge in [0.2, 0.25) is 5.91 Å². The molecule has 0 spiro atoms. The van der Waals surface area contributed by atoms with Crippen LogP contribution in [-0.2, 0) is 4.79 Å². The molecule has 0 radical (unpaired) electrons. The SMILES string of the molecule is CCNCC(=O)Nc1sccc1C(N)=O. The van der Waals surface area contributed by atoms with Crippen LogP contribution in [0.5, 0.6) is 0 Å². The first-order valence-electron chi connectivity index (χ1n) is 4.53. The van der Waals surface area contributed by atoms with Crippen LogP contribution in [0.15, 0.2) is 11.4 Å². The molecule has 5 nitrogen and oxygen atoms in total. The van der Waals surface area contributed by atoms with Crippen molar-refractivity contribution in [1.29, 1.82) is 0 Å². The predicted molar refractivity (Wildman–Crippen MR) is 60.0 cm³/mol. The zero-order chi connectivity index (χ0) is 11.3. The maximum Gasteiger partial charge on any atom is 0.251 e. The van der Waals surface area contributed by atoms with Crippen molar-refractivity contribution in [3.63, 3.8) is 0 Å². The molecule has 6 heteroatoms. The van der Waals surface area contributed by atoms with Gasteiger partial charge in [-0.25, -0.2) is 0 Å². The molecule has 1 heterocycles. The molecule has 0 aliphatic rings. The summed E-state index contributed by atoms with van der Waals surface area (Å²) in [4.78, 5) is 22.3. The van der Waals surface area contributed by atoms with E-state index in [4.69, 9.17) is 5.73 Å². The topological polar surface area (TPSA) is 84.2 Å². The molecule has 0 fully saturated rings. The molecule has 0 saturated heterocycles. The molecule has 1 aromatic heterocycles. The number of anilines is 1. The third-order valence-corrected chi connectivity index (χ3v) is 2.55. The van der Waals surface area contributed by atoms with Crippen molar-refractivity contribution >= 4 is 28.2 Å². The number of hydrogen-bond donors (Lipinski definition) is 3. The van der Waals surface area contributed by atoms with Crippen molar-refractivity contribution in [3.8, 4) is 0 Å². The van der Waals surface area contributed by atoms with E-state index in [1.54, 1.807) is 11.4 Å². The molecule has 0 bridgehead atoms. The Balaban J connectivity index is 2.60. The summed E-state index contributed by atoms with van der Waals surface area (Å²) in [6, 6.07) is 1.59. The number of rotatable bonds is 5. The summed E-state index contributed by atoms with van der Waals surface area (Å²) in [6.07, 6.45) is 0. The number of carbonyl (C=O) groups excluding carboxylic acids is 2. The highest BCUT2D eigenvalue weighted by molar-refractivity contribution is 7.14. The van der Waals surface area contributed by atoms with E-state index in [1.165, 1.54) is 11.3 Å². The van der Waals surface area contributed by atoms with E-state index < -0.39 is 5.91 Å². The summed E-state index contributed by atoms with van der Waals surface area (Å²) in [6.45, 7) is 2.86. The van der Waals surface area contributed by atoms with E-state index in [-0.39, 0.29) is 12.5 Å². The third kappa shape index (κ3) is 3.34. The highest BCUT2D eigenvalue weighted by atomic mass is 32.1. The van der Waals surface area contributed by atoms with Crippen LogP contribution in [0, 0.1) is 0 Å². The molecular weight excluding hydrogens is 214 g/mol. The van der Waals surface area contributed by atoms with Gasteiger partial charge in [-0.2, -0.15) is 0 Å². The Kier molecular flexibility index (Phi) is 4.26. The van der Waals surface area contributed by atoms with Crippen LogP contribution in [0.25, 0.3) is 0 Å². The van der Waals surface area contributed by atoms with E-state index >= 15 is 0 Å². The number of primary amides is 1. The number of carbonyl (C=O) groups is 2. The van der Waals surface area contributed by atoms with Gasteiger partial charge in [0.05, 0.1) is 12.1 Å². The third-order valence-electron chi connectivity index (χ3n) is 1.72. The number of amides is 2. The number of hydrogen-bond acceptors (Lipinski definition) is 4. The van der Waals surface area contributed by atoms with Crippen molar-refractivity contribution in [2.45, 2.75) is 6.92 Å². The average Bonchev–Trinajstić information content (AvgIpc) is 2.62. The number of nitrogens with two attached hydrogens (primary N) is 1. The lowest BCUT2D eigenvalue weighted by molar-refractivity contribution is -0.115. The van der Waals surface area contributed by atoms with Gasteiger partial charge in [-0.05, 0) is 18.0 Å². The number of likely N-dealkylation sites (N-methyl/N-ethyl adjacent to an activating group) is 1. The summed E-state index contributed by atoms with van der Waals surface area (Å²) in [5, 5.41) is 7.72. The molecule has 2 amide bonds. The monoisotopic (exact) mass is 227 g/mol. The summed E-state index contributed by atoms with van der Waals surface area (Å²) >= 11 is 1.28. The minimum Gasteiger partial charge on any atom is -0.366 e. The minimum absolute atomic E-state index is 0.179. The molecule has 0 atom stereocenters. The van der Waals surface area contributed by atoms with Crippen LogP contribution in [-0.4, -0.2) is 24.9 Å². The van der Waals surface area contributed by atoms with Crippen LogP contribution in [0.1, 0.15) is 17.3 Å². The van der Waals surface area contributed by atoms with Crippen LogP contribution in [0.2, 0.25) is 0 Å². The van der Waals surface area contributed by atoms with Crippen molar-refractivity contribution in [3.05, 3.63) is 17.0 Å². The lowest BCUT2D eigenvalue weighted by atomic mass is 10.3. The molecular formula is C9H13N3O2S. The lowest BCUT2D eigenvalue weighted by Gasteiger charge is -2.04. The van der Waals surface area contributed by atoms with Gasteiger partial charge >= 0.3 is 0 Å². The first-order chi connectivity index (χ1) is 7.15. The molecule has 0 saturated carbocycles. The van der Waals surface area contributed by atoms with Crippen LogP contribution in [0.4, 0.5) is 5.00 Å². The number of thiophene rings is 1. The van der Waals surface area contributed by atoms with Gasteiger partial charge in [-0.1, -0.05) is 6.92 Å². The molecule has 0 aliphatic carbocycles. The summed E-state index contributed by atoms with van der Waals surface area (Å²) in [5.74, 6) is -0.711. The maximum atomic E-state index is 11.3. The Bertz CT molecular complexity index is 362. The van der Waals surface area contributed by atoms with Gasteiger partial charge in [0.15, 0.2) is 0 Å². The number of nitrogens with one attached hydrogen (secondary N) is 2. The molecule has 82 valence electrons. The van der Waals surface area contributed by atoms with Gasteiger partial charge in [0.25, 0.3) is 5.91 Å². The molecule has 15 heavy (non-hydrogen) atoms. The summed E-state index contributed by atoms with van der Waals surface area (Å²) in [5.41, 5.74) is 5.49. The molecule has 0 aliphatic heterocycles. The van der Waals surface area contributed by atoms with Crippen molar-refractivity contribution in [2.24, 2.45) is 5.73 Å². The van der Waals surface area contributed by atoms with Crippen molar-refractivity contribution in [2.75, 3.05) is 18.4 Å². The Labute approximate surface area is 91.7 Å². The Morgan fingerprint density at radius 2 is 2.27 bits per heavy atom. The summed E-state index contributed by atoms with van der Waals surface area (Å²) in [7, 11) is 0. The van der Waals surface area contributed by atoms with Crippen molar-refractivity contribution < 1.29 is 9.59 Å². The van der Waals surface area contributed by atoms with Gasteiger partial charge in [0, 0.05) is 0 Å². The molecule has 4 N–H and O–H groups in total. The molecule has 1 aromatic rings. The van der Waals surface area contributed by atoms with Gasteiger partial charge in [0.1, 0.15) is 5.00 Å². The second-order valence-corrected chi connectivity index (χ2v) is 3.77. The highest BCUT2D eigenvalue weighted by Gasteiger charge is 2.11. The molecule has 0 unspecified atom stereocenters. The van der Waals surface area contributed by atoms with Gasteiger partial charge in [-0.3, -0.25) is 9.59 Å². The van der Waals surface area contributed by atoms with E-state index in [1.807, 2.05) is 6.92 Å². The molecule has 0 aromatic carbocycles. The zero-order valence-electron chi connectivity index (χ0n) is 8.37. The zero-order valence-corrected chi connectivity index (χ0v) is 9.19. The van der Waals surface area contributed by atoms with Crippen LogP contribution >= 0.6 is 11.3 Å². The maximum absolute atomic E-state index is 11.3. The fourth-order valence-electron chi connectivity index (χ4n) is 1.01. The van der Waals surface area contributed by atoms with Gasteiger partial charge in [-0.15, -0.1) is 11.3 Å². The molecule has 1 rings (SSSR count). The van der Waals surface area contributed by atoms with Crippen molar-refractivity contribution in [1.82, 2.24) is 5.32 Å². The Morgan fingerprint density at radius 3 is 2.87 bits per heavy atom. The predicted octanol–water partition coefficient (Wildman–Crippen LogP) is 0.395. The van der Waals surface area contributed by atoms with E-state index in [2.05, 4.69) is 10.6 Å². The van der Waals surface area contributed by atoms with Crippen LogP contribution < -0.4 is 16.4 Å². The van der Waals surface area contributed by atoms with E-state index in [9.17, 15) is 9.59 Å². The first kappa shape index (κ1) is 11.7. The first-order valence-corrected chi connectivity index (χ1v) is 5.41. The second-order valence-electron chi connectivity index (χ2n) is 2.86. The normalized spacial score (nSPS) is 9.93. The fourth-order valence-corrected chi connectivity index (χ4v) is 1.82. The van der Waals surface area contributed by atoms with E-state index in [0.29, 0.717) is 10.6 Å². The average molecular weight is 227 g/mol. The second kappa shape index (κ2) is 5.47. The van der Waals surface area contributed by atoms with Crippen LogP contribution in [0.3, 0.4) is 0 Å². The highest BCUT2D eigenvalue weighted by Crippen LogP contribution is 2.22. The van der Waals surface area contributed by atoms with E-state index in [0.717, 1.165) is 6.54 Å². The Hall–Kier alpha value is -1.40. The van der Waals surface area contributed by atoms with Gasteiger partial charge < -0.3 is 16.4 Å². The largest absolute Gasteiger partial charge is 0.366 e. The Morgan fingerprint density at radius 1 is 1.53 bits per heavy atom. The smallest absolute Gasteiger partial charge is 0.251 e. The quantitative estimate of drug-likeness (QED) is 0.680. The minimum atomic E-state index is -0.532. The lowest BCUT2D eigenvalue weighted by Crippen LogP contribution is -2.28. The standard InChI is InChI=1S/C9H13N3O2S/c1-2-11-5-7(13)12-9-6(8(10)14)3-4-15-9/h3-4,11H,2,5H2,1H3,(H2,10,14)(H,12,13).